The number of benzene rings is 1. The van der Waals surface area contributed by atoms with Crippen molar-refractivity contribution >= 4 is 41.0 Å². The lowest BCUT2D eigenvalue weighted by Crippen LogP contribution is -2.35. The highest BCUT2D eigenvalue weighted by Gasteiger charge is 2.13. The summed E-state index contributed by atoms with van der Waals surface area (Å²) in [6.07, 6.45) is 0. The first-order chi connectivity index (χ1) is 10.9. The Morgan fingerprint density at radius 1 is 1.17 bits per heavy atom. The van der Waals surface area contributed by atoms with Gasteiger partial charge in [-0.05, 0) is 18.2 Å². The van der Waals surface area contributed by atoms with E-state index in [1.807, 2.05) is 0 Å². The number of methoxy groups -OCH3 is 1. The molecule has 1 rings (SSSR count). The molecule has 0 aliphatic heterocycles. The summed E-state index contributed by atoms with van der Waals surface area (Å²) in [6, 6.07) is 4.36. The molecule has 0 unspecified atom stereocenters. The van der Waals surface area contributed by atoms with Crippen molar-refractivity contribution in [1.29, 1.82) is 0 Å². The number of hydrogen-bond acceptors (Lipinski definition) is 5. The van der Waals surface area contributed by atoms with Crippen LogP contribution < -0.4 is 10.6 Å². The quantitative estimate of drug-likeness (QED) is 0.532. The van der Waals surface area contributed by atoms with Crippen molar-refractivity contribution in [3.05, 3.63) is 33.8 Å². The highest BCUT2D eigenvalue weighted by molar-refractivity contribution is 6.36. The second-order valence-electron chi connectivity index (χ2n) is 4.31. The molecule has 0 aliphatic rings. The highest BCUT2D eigenvalue weighted by Crippen LogP contribution is 2.20. The summed E-state index contributed by atoms with van der Waals surface area (Å²) < 4.78 is 9.46. The minimum Gasteiger partial charge on any atom is -0.454 e. The second kappa shape index (κ2) is 10.0. The molecule has 0 atom stereocenters. The van der Waals surface area contributed by atoms with Crippen LogP contribution in [0.1, 0.15) is 10.4 Å². The van der Waals surface area contributed by atoms with Gasteiger partial charge in [-0.1, -0.05) is 23.2 Å². The van der Waals surface area contributed by atoms with Crippen LogP contribution in [0, 0.1) is 0 Å². The smallest absolute Gasteiger partial charge is 0.325 e. The predicted molar refractivity (Wildman–Crippen MR) is 84.6 cm³/mol. The van der Waals surface area contributed by atoms with Crippen molar-refractivity contribution in [2.75, 3.05) is 33.4 Å². The van der Waals surface area contributed by atoms with Crippen molar-refractivity contribution in [3.63, 3.8) is 0 Å². The van der Waals surface area contributed by atoms with Gasteiger partial charge < -0.3 is 20.1 Å². The zero-order valence-corrected chi connectivity index (χ0v) is 13.9. The first-order valence-corrected chi connectivity index (χ1v) is 7.34. The van der Waals surface area contributed by atoms with Gasteiger partial charge in [-0.25, -0.2) is 0 Å². The maximum absolute atomic E-state index is 11.9. The summed E-state index contributed by atoms with van der Waals surface area (Å²) in [5.41, 5.74) is 0.182. The normalized spacial score (nSPS) is 10.0. The molecule has 0 aliphatic carbocycles. The van der Waals surface area contributed by atoms with Crippen molar-refractivity contribution in [2.45, 2.75) is 0 Å². The lowest BCUT2D eigenvalue weighted by Gasteiger charge is -2.08. The van der Waals surface area contributed by atoms with Crippen molar-refractivity contribution < 1.29 is 23.9 Å². The Kier molecular flexibility index (Phi) is 8.39. The minimum atomic E-state index is -0.745. The van der Waals surface area contributed by atoms with Crippen molar-refractivity contribution in [1.82, 2.24) is 10.6 Å². The molecule has 0 saturated carbocycles. The van der Waals surface area contributed by atoms with E-state index in [0.29, 0.717) is 18.2 Å². The maximum Gasteiger partial charge on any atom is 0.325 e. The number of ether oxygens (including phenoxy) is 2. The molecule has 23 heavy (non-hydrogen) atoms. The summed E-state index contributed by atoms with van der Waals surface area (Å²) in [4.78, 5) is 34.6. The number of carbonyl (C=O) groups is 3. The molecule has 0 radical (unpaired) electrons. The topological polar surface area (TPSA) is 93.7 Å². The molecule has 126 valence electrons. The van der Waals surface area contributed by atoms with E-state index >= 15 is 0 Å². The molecule has 2 N–H and O–H groups in total. The summed E-state index contributed by atoms with van der Waals surface area (Å²) in [5, 5.41) is 5.39. The number of esters is 1. The van der Waals surface area contributed by atoms with Gasteiger partial charge in [0.1, 0.15) is 6.54 Å². The van der Waals surface area contributed by atoms with Gasteiger partial charge in [0.25, 0.3) is 11.8 Å². The fraction of sp³-hybridized carbons (Fsp3) is 0.357. The van der Waals surface area contributed by atoms with E-state index in [4.69, 9.17) is 32.7 Å². The van der Waals surface area contributed by atoms with Crippen LogP contribution in [-0.4, -0.2) is 51.2 Å². The van der Waals surface area contributed by atoms with Gasteiger partial charge in [-0.15, -0.1) is 0 Å². The molecule has 1 aromatic carbocycles. The highest BCUT2D eigenvalue weighted by atomic mass is 35.5. The van der Waals surface area contributed by atoms with Crippen LogP contribution in [-0.2, 0) is 19.1 Å². The van der Waals surface area contributed by atoms with Crippen LogP contribution in [0.2, 0.25) is 10.0 Å². The Morgan fingerprint density at radius 3 is 2.57 bits per heavy atom. The Labute approximate surface area is 143 Å². The summed E-state index contributed by atoms with van der Waals surface area (Å²) >= 11 is 11.6. The molecule has 0 saturated heterocycles. The van der Waals surface area contributed by atoms with Gasteiger partial charge in [0.15, 0.2) is 6.61 Å². The fourth-order valence-electron chi connectivity index (χ4n) is 1.46. The van der Waals surface area contributed by atoms with E-state index in [1.54, 1.807) is 0 Å². The third-order valence-corrected chi connectivity index (χ3v) is 3.11. The lowest BCUT2D eigenvalue weighted by atomic mass is 10.2. The molecule has 0 heterocycles. The third-order valence-electron chi connectivity index (χ3n) is 2.56. The van der Waals surface area contributed by atoms with E-state index in [-0.39, 0.29) is 17.1 Å². The van der Waals surface area contributed by atoms with E-state index in [2.05, 4.69) is 10.6 Å². The Hall–Kier alpha value is -1.83. The van der Waals surface area contributed by atoms with E-state index in [0.717, 1.165) is 0 Å². The zero-order chi connectivity index (χ0) is 17.2. The Bertz CT molecular complexity index is 580. The molecule has 9 heteroatoms. The first kappa shape index (κ1) is 19.2. The van der Waals surface area contributed by atoms with Crippen LogP contribution in [0.15, 0.2) is 18.2 Å². The number of hydrogen-bond donors (Lipinski definition) is 2. The molecular weight excluding hydrogens is 347 g/mol. The number of nitrogens with one attached hydrogen (secondary N) is 2. The molecule has 0 bridgehead atoms. The first-order valence-electron chi connectivity index (χ1n) is 6.58. The predicted octanol–water partition coefficient (Wildman–Crippen LogP) is 1.03. The van der Waals surface area contributed by atoms with Gasteiger partial charge in [-0.2, -0.15) is 0 Å². The van der Waals surface area contributed by atoms with E-state index in [9.17, 15) is 14.4 Å². The molecule has 0 spiro atoms. The molecule has 2 amide bonds. The number of carbonyl (C=O) groups excluding carboxylic acids is 3. The fourth-order valence-corrected chi connectivity index (χ4v) is 1.96. The van der Waals surface area contributed by atoms with Crippen molar-refractivity contribution in [3.8, 4) is 0 Å². The molecule has 7 nitrogen and oxygen atoms in total. The standard InChI is InChI=1S/C14H16Cl2N2O5/c1-22-5-4-17-12(19)8-23-13(20)7-18-14(21)10-3-2-9(15)6-11(10)16/h2-3,6H,4-5,7-8H2,1H3,(H,17,19)(H,18,21). The van der Waals surface area contributed by atoms with Gasteiger partial charge in [0.05, 0.1) is 17.2 Å². The number of halogens is 2. The molecule has 0 fully saturated rings. The average Bonchev–Trinajstić information content (AvgIpc) is 2.51. The maximum atomic E-state index is 11.9. The molecular formula is C14H16Cl2N2O5. The van der Waals surface area contributed by atoms with Gasteiger partial charge in [0, 0.05) is 18.7 Å². The van der Waals surface area contributed by atoms with Crippen LogP contribution in [0.5, 0.6) is 0 Å². The minimum absolute atomic E-state index is 0.167. The number of amides is 2. The van der Waals surface area contributed by atoms with Gasteiger partial charge >= 0.3 is 5.97 Å². The SMILES string of the molecule is COCCNC(=O)COC(=O)CNC(=O)c1ccc(Cl)cc1Cl. The Balaban J connectivity index is 2.32. The third kappa shape index (κ3) is 7.32. The summed E-state index contributed by atoms with van der Waals surface area (Å²) in [6.45, 7) is -0.139. The molecule has 1 aromatic rings. The monoisotopic (exact) mass is 362 g/mol. The van der Waals surface area contributed by atoms with Crippen molar-refractivity contribution in [2.24, 2.45) is 0 Å². The molecule has 0 aromatic heterocycles. The van der Waals surface area contributed by atoms with Crippen LogP contribution in [0.25, 0.3) is 0 Å². The van der Waals surface area contributed by atoms with Crippen LogP contribution in [0.3, 0.4) is 0 Å². The van der Waals surface area contributed by atoms with Gasteiger partial charge in [0.2, 0.25) is 0 Å². The Morgan fingerprint density at radius 2 is 1.91 bits per heavy atom. The van der Waals surface area contributed by atoms with E-state index < -0.39 is 24.4 Å². The average molecular weight is 363 g/mol. The van der Waals surface area contributed by atoms with E-state index in [1.165, 1.54) is 25.3 Å². The van der Waals surface area contributed by atoms with Crippen LogP contribution >= 0.6 is 23.2 Å². The summed E-state index contributed by atoms with van der Waals surface area (Å²) in [7, 11) is 1.50. The van der Waals surface area contributed by atoms with Crippen LogP contribution in [0.4, 0.5) is 0 Å². The largest absolute Gasteiger partial charge is 0.454 e. The zero-order valence-electron chi connectivity index (χ0n) is 12.4. The lowest BCUT2D eigenvalue weighted by molar-refractivity contribution is -0.147. The number of rotatable bonds is 8. The summed E-state index contributed by atoms with van der Waals surface area (Å²) in [5.74, 6) is -1.75. The second-order valence-corrected chi connectivity index (χ2v) is 5.15. The van der Waals surface area contributed by atoms with Gasteiger partial charge in [-0.3, -0.25) is 14.4 Å².